The summed E-state index contributed by atoms with van der Waals surface area (Å²) in [5.74, 6) is 1.22. The Morgan fingerprint density at radius 3 is 2.11 bits per heavy atom. The Morgan fingerprint density at radius 2 is 1.58 bits per heavy atom. The minimum absolute atomic E-state index is 0.0960. The number of pyridine rings is 1. The van der Waals surface area contributed by atoms with Crippen LogP contribution in [0.3, 0.4) is 0 Å². The second kappa shape index (κ2) is 10.1. The lowest BCUT2D eigenvalue weighted by Crippen LogP contribution is -2.49. The molecule has 1 saturated carbocycles. The number of nitrogens with zero attached hydrogens (tertiary/aromatic N) is 1. The number of halogens is 1. The van der Waals surface area contributed by atoms with Crippen LogP contribution in [0.15, 0.2) is 30.3 Å². The number of aliphatic hydroxyl groups excluding tert-OH is 1. The minimum atomic E-state index is -1.96. The van der Waals surface area contributed by atoms with Crippen LogP contribution in [0.5, 0.6) is 0 Å². The second-order valence-corrected chi connectivity index (χ2v) is 19.6. The summed E-state index contributed by atoms with van der Waals surface area (Å²) < 4.78 is 8.44. The summed E-state index contributed by atoms with van der Waals surface area (Å²) >= 11 is 2.52. The fourth-order valence-electron chi connectivity index (χ4n) is 5.86. The van der Waals surface area contributed by atoms with Gasteiger partial charge >= 0.3 is 0 Å². The number of hydrogen-bond donors (Lipinski definition) is 1. The van der Waals surface area contributed by atoms with Crippen molar-refractivity contribution in [2.24, 2.45) is 11.3 Å². The number of hydrogen-bond acceptors (Lipinski definition) is 3. The van der Waals surface area contributed by atoms with E-state index in [1.54, 1.807) is 0 Å². The highest BCUT2D eigenvalue weighted by atomic mass is 127. The smallest absolute Gasteiger partial charge is 0.192 e. The highest BCUT2D eigenvalue weighted by Gasteiger charge is 2.53. The Kier molecular flexibility index (Phi) is 7.91. The third-order valence-corrected chi connectivity index (χ3v) is 14.6. The number of benzene rings is 1. The minimum Gasteiger partial charge on any atom is -0.410 e. The zero-order chi connectivity index (χ0) is 26.6. The average molecular weight is 620 g/mol. The fraction of sp³-hybridized carbons (Fsp3) is 0.645. The summed E-state index contributed by atoms with van der Waals surface area (Å²) in [7, 11) is -1.96. The van der Waals surface area contributed by atoms with E-state index in [0.29, 0.717) is 17.8 Å². The largest absolute Gasteiger partial charge is 0.410 e. The maximum Gasteiger partial charge on any atom is 0.192 e. The number of fused-ring (bicyclic) bond motifs is 1. The Morgan fingerprint density at radius 1 is 1.00 bits per heavy atom. The molecule has 0 saturated heterocycles. The SMILES string of the molecule is CC(C)c1ccc(C(O)C2CC3(Cc4nc(C(C)C)cc(I)c4[C@@H](O[Si](C)(C)C(C)(C)C)C3)C2)cc1. The summed E-state index contributed by atoms with van der Waals surface area (Å²) in [5.41, 5.74) is 6.32. The molecule has 0 aliphatic heterocycles. The first-order valence-electron chi connectivity index (χ1n) is 13.8. The molecule has 2 aromatic rings. The average Bonchev–Trinajstić information content (AvgIpc) is 2.75. The molecule has 3 nitrogen and oxygen atoms in total. The summed E-state index contributed by atoms with van der Waals surface area (Å²) in [5, 5.41) is 11.4. The van der Waals surface area contributed by atoms with Crippen molar-refractivity contribution >= 4 is 30.9 Å². The number of rotatable bonds is 6. The van der Waals surface area contributed by atoms with E-state index in [1.807, 2.05) is 0 Å². The molecule has 1 spiro atoms. The van der Waals surface area contributed by atoms with Gasteiger partial charge in [0.1, 0.15) is 0 Å². The van der Waals surface area contributed by atoms with E-state index in [1.165, 1.54) is 26.1 Å². The van der Waals surface area contributed by atoms with E-state index >= 15 is 0 Å². The van der Waals surface area contributed by atoms with Gasteiger partial charge in [0.2, 0.25) is 0 Å². The highest BCUT2D eigenvalue weighted by molar-refractivity contribution is 14.1. The third kappa shape index (κ3) is 5.50. The van der Waals surface area contributed by atoms with Gasteiger partial charge in [-0.2, -0.15) is 0 Å². The van der Waals surface area contributed by atoms with Gasteiger partial charge in [-0.05, 0) is 107 Å². The maximum absolute atomic E-state index is 11.3. The summed E-state index contributed by atoms with van der Waals surface area (Å²) in [4.78, 5) is 5.22. The van der Waals surface area contributed by atoms with Gasteiger partial charge in [0.25, 0.3) is 0 Å². The lowest BCUT2D eigenvalue weighted by molar-refractivity contribution is -0.0662. The van der Waals surface area contributed by atoms with E-state index in [-0.39, 0.29) is 16.6 Å². The van der Waals surface area contributed by atoms with Gasteiger partial charge in [-0.25, -0.2) is 0 Å². The molecule has 1 fully saturated rings. The van der Waals surface area contributed by atoms with Crippen LogP contribution in [0.4, 0.5) is 0 Å². The highest BCUT2D eigenvalue weighted by Crippen LogP contribution is 2.60. The van der Waals surface area contributed by atoms with E-state index in [2.05, 4.69) is 114 Å². The molecule has 2 aliphatic rings. The van der Waals surface area contributed by atoms with Crippen molar-refractivity contribution in [3.63, 3.8) is 0 Å². The van der Waals surface area contributed by atoms with Crippen LogP contribution in [0.2, 0.25) is 18.1 Å². The molecule has 1 N–H and O–H groups in total. The number of aliphatic hydroxyl groups is 1. The van der Waals surface area contributed by atoms with Crippen molar-refractivity contribution in [3.05, 3.63) is 62.0 Å². The molecule has 4 rings (SSSR count). The Labute approximate surface area is 234 Å². The van der Waals surface area contributed by atoms with E-state index in [0.717, 1.165) is 31.2 Å². The predicted octanol–water partition coefficient (Wildman–Crippen LogP) is 9.07. The molecular formula is C31H46INO2Si. The van der Waals surface area contributed by atoms with Crippen LogP contribution in [0.1, 0.15) is 120 Å². The molecule has 1 aromatic carbocycles. The topological polar surface area (TPSA) is 42.4 Å². The van der Waals surface area contributed by atoms with Gasteiger partial charge in [-0.3, -0.25) is 4.98 Å². The van der Waals surface area contributed by atoms with Crippen molar-refractivity contribution in [3.8, 4) is 0 Å². The van der Waals surface area contributed by atoms with Gasteiger partial charge in [-0.15, -0.1) is 0 Å². The van der Waals surface area contributed by atoms with E-state index < -0.39 is 14.4 Å². The molecule has 0 bridgehead atoms. The van der Waals surface area contributed by atoms with E-state index in [4.69, 9.17) is 9.41 Å². The number of aromatic nitrogens is 1. The zero-order valence-corrected chi connectivity index (χ0v) is 26.9. The van der Waals surface area contributed by atoms with Crippen molar-refractivity contribution in [2.75, 3.05) is 0 Å². The standard InChI is InChI=1S/C31H46INO2Si/c1-19(2)21-10-12-22(13-11-21)29(34)23-15-31(16-23)17-26-28(24(32)14-25(33-26)20(3)4)27(18-31)35-36(8,9)30(5,6)7/h10-14,19-20,23,27,29,34H,15-18H2,1-9H3/t23?,27-,29?,31?/m0/s1. The second-order valence-electron chi connectivity index (χ2n) is 13.7. The van der Waals surface area contributed by atoms with Crippen LogP contribution < -0.4 is 0 Å². The van der Waals surface area contributed by atoms with Crippen molar-refractivity contribution in [2.45, 2.75) is 116 Å². The molecule has 0 radical (unpaired) electrons. The van der Waals surface area contributed by atoms with Crippen LogP contribution in [0, 0.1) is 14.9 Å². The molecule has 5 heteroatoms. The molecule has 2 atom stereocenters. The zero-order valence-electron chi connectivity index (χ0n) is 23.8. The fourth-order valence-corrected chi connectivity index (χ4v) is 8.10. The monoisotopic (exact) mass is 619 g/mol. The molecule has 198 valence electrons. The quantitative estimate of drug-likeness (QED) is 0.259. The van der Waals surface area contributed by atoms with Gasteiger partial charge < -0.3 is 9.53 Å². The van der Waals surface area contributed by atoms with Gasteiger partial charge in [0.05, 0.1) is 12.2 Å². The summed E-state index contributed by atoms with van der Waals surface area (Å²) in [6, 6.07) is 10.9. The molecular weight excluding hydrogens is 573 g/mol. The van der Waals surface area contributed by atoms with Crippen molar-refractivity contribution in [1.29, 1.82) is 0 Å². The van der Waals surface area contributed by atoms with Crippen molar-refractivity contribution in [1.82, 2.24) is 4.98 Å². The summed E-state index contributed by atoms with van der Waals surface area (Å²) in [6.07, 6.45) is 3.83. The van der Waals surface area contributed by atoms with Crippen LogP contribution >= 0.6 is 22.6 Å². The van der Waals surface area contributed by atoms with Gasteiger partial charge in [-0.1, -0.05) is 72.7 Å². The van der Waals surface area contributed by atoms with Gasteiger partial charge in [0, 0.05) is 20.5 Å². The van der Waals surface area contributed by atoms with Crippen LogP contribution in [-0.2, 0) is 10.8 Å². The maximum atomic E-state index is 11.3. The first kappa shape index (κ1) is 28.3. The molecule has 36 heavy (non-hydrogen) atoms. The van der Waals surface area contributed by atoms with Gasteiger partial charge in [0.15, 0.2) is 8.32 Å². The normalized spacial score (nSPS) is 25.2. The first-order valence-corrected chi connectivity index (χ1v) is 17.8. The Balaban J connectivity index is 1.60. The molecule has 1 unspecified atom stereocenters. The predicted molar refractivity (Wildman–Crippen MR) is 161 cm³/mol. The van der Waals surface area contributed by atoms with Crippen molar-refractivity contribution < 1.29 is 9.53 Å². The van der Waals surface area contributed by atoms with Crippen LogP contribution in [-0.4, -0.2) is 18.4 Å². The molecule has 1 heterocycles. The molecule has 1 aromatic heterocycles. The molecule has 2 aliphatic carbocycles. The Hall–Kier alpha value is -0.763. The first-order chi connectivity index (χ1) is 16.6. The lowest BCUT2D eigenvalue weighted by Gasteiger charge is -2.54. The lowest BCUT2D eigenvalue weighted by atomic mass is 9.53. The Bertz CT molecular complexity index is 1080. The third-order valence-electron chi connectivity index (χ3n) is 9.21. The van der Waals surface area contributed by atoms with E-state index in [9.17, 15) is 5.11 Å². The molecule has 0 amide bonds. The van der Waals surface area contributed by atoms with Crippen LogP contribution in [0.25, 0.3) is 0 Å². The summed E-state index contributed by atoms with van der Waals surface area (Å²) in [6.45, 7) is 20.6.